The van der Waals surface area contributed by atoms with Crippen LogP contribution in [0.2, 0.25) is 0 Å². The van der Waals surface area contributed by atoms with Crippen molar-refractivity contribution in [3.63, 3.8) is 0 Å². The topological polar surface area (TPSA) is 49.3 Å². The van der Waals surface area contributed by atoms with Crippen molar-refractivity contribution in [3.05, 3.63) is 0 Å². The lowest BCUT2D eigenvalue weighted by Crippen LogP contribution is -2.46. The number of carbonyl (C=O) groups excluding carboxylic acids is 1. The van der Waals surface area contributed by atoms with E-state index in [1.807, 2.05) is 13.2 Å². The van der Waals surface area contributed by atoms with Gasteiger partial charge in [0.2, 0.25) is 5.91 Å². The van der Waals surface area contributed by atoms with Gasteiger partial charge >= 0.3 is 0 Å². The zero-order valence-electron chi connectivity index (χ0n) is 11.9. The molecule has 0 aromatic carbocycles. The highest BCUT2D eigenvalue weighted by atomic mass is 32.2. The molecule has 17 heavy (non-hydrogen) atoms. The average molecular weight is 261 g/mol. The number of hydrogen-bond acceptors (Lipinski definition) is 3. The van der Waals surface area contributed by atoms with E-state index >= 15 is 0 Å². The summed E-state index contributed by atoms with van der Waals surface area (Å²) in [6, 6.07) is 0.00231. The summed E-state index contributed by atoms with van der Waals surface area (Å²) in [6.07, 6.45) is 1.95. The van der Waals surface area contributed by atoms with E-state index in [2.05, 4.69) is 33.0 Å². The highest BCUT2D eigenvalue weighted by Gasteiger charge is 2.27. The Hall–Kier alpha value is -0.220. The Bertz CT molecular complexity index is 219. The number of nitrogens with one attached hydrogen (secondary N) is 1. The van der Waals surface area contributed by atoms with E-state index in [4.69, 9.17) is 0 Å². The standard InChI is InChI=1S/C13H27NO2S/c1-8(2)12(9(3)4)13(16)14-10(5)11(7-15)17-6/h8-12,15H,7H2,1-6H3,(H,14,16). The van der Waals surface area contributed by atoms with Crippen LogP contribution in [0.15, 0.2) is 0 Å². The fourth-order valence-electron chi connectivity index (χ4n) is 2.23. The quantitative estimate of drug-likeness (QED) is 0.738. The monoisotopic (exact) mass is 261 g/mol. The molecule has 2 unspecified atom stereocenters. The van der Waals surface area contributed by atoms with E-state index in [0.29, 0.717) is 11.8 Å². The van der Waals surface area contributed by atoms with Crippen LogP contribution in [0.3, 0.4) is 0 Å². The van der Waals surface area contributed by atoms with Crippen LogP contribution in [0.25, 0.3) is 0 Å². The molecule has 0 saturated heterocycles. The molecule has 0 aliphatic rings. The highest BCUT2D eigenvalue weighted by molar-refractivity contribution is 7.99. The predicted molar refractivity (Wildman–Crippen MR) is 75.2 cm³/mol. The molecule has 0 radical (unpaired) electrons. The van der Waals surface area contributed by atoms with Gasteiger partial charge in [-0.05, 0) is 25.0 Å². The molecule has 4 heteroatoms. The summed E-state index contributed by atoms with van der Waals surface area (Å²) >= 11 is 1.58. The minimum atomic E-state index is 0.00231. The van der Waals surface area contributed by atoms with Crippen LogP contribution < -0.4 is 5.32 Å². The summed E-state index contributed by atoms with van der Waals surface area (Å²) in [7, 11) is 0. The van der Waals surface area contributed by atoms with Gasteiger partial charge in [0.1, 0.15) is 0 Å². The Kier molecular flexibility index (Phi) is 7.88. The second-order valence-electron chi connectivity index (χ2n) is 5.27. The molecule has 2 N–H and O–H groups in total. The average Bonchev–Trinajstić information content (AvgIpc) is 2.17. The number of hydrogen-bond donors (Lipinski definition) is 2. The van der Waals surface area contributed by atoms with Crippen LogP contribution in [-0.4, -0.2) is 35.2 Å². The molecule has 0 aromatic rings. The Balaban J connectivity index is 4.50. The predicted octanol–water partition coefficient (Wildman–Crippen LogP) is 2.14. The molecule has 102 valence electrons. The van der Waals surface area contributed by atoms with E-state index in [0.717, 1.165) is 0 Å². The molecule has 0 rings (SSSR count). The fraction of sp³-hybridized carbons (Fsp3) is 0.923. The molecule has 0 spiro atoms. The van der Waals surface area contributed by atoms with Crippen molar-refractivity contribution in [2.24, 2.45) is 17.8 Å². The molecule has 0 aromatic heterocycles. The summed E-state index contributed by atoms with van der Waals surface area (Å²) in [5, 5.41) is 12.3. The summed E-state index contributed by atoms with van der Waals surface area (Å²) in [6.45, 7) is 10.4. The first-order valence-corrected chi connectivity index (χ1v) is 7.57. The van der Waals surface area contributed by atoms with Crippen molar-refractivity contribution in [1.29, 1.82) is 0 Å². The van der Waals surface area contributed by atoms with Gasteiger partial charge in [0.15, 0.2) is 0 Å². The Morgan fingerprint density at radius 1 is 1.18 bits per heavy atom. The second-order valence-corrected chi connectivity index (χ2v) is 6.34. The van der Waals surface area contributed by atoms with E-state index in [1.54, 1.807) is 11.8 Å². The number of amides is 1. The third kappa shape index (κ3) is 5.30. The van der Waals surface area contributed by atoms with E-state index in [-0.39, 0.29) is 29.7 Å². The number of aliphatic hydroxyl groups is 1. The summed E-state index contributed by atoms with van der Waals surface area (Å²) in [5.41, 5.74) is 0. The zero-order valence-corrected chi connectivity index (χ0v) is 12.7. The molecule has 3 nitrogen and oxygen atoms in total. The normalized spacial score (nSPS) is 15.4. The first kappa shape index (κ1) is 16.8. The Morgan fingerprint density at radius 2 is 1.65 bits per heavy atom. The Morgan fingerprint density at radius 3 is 1.94 bits per heavy atom. The van der Waals surface area contributed by atoms with Crippen molar-refractivity contribution >= 4 is 17.7 Å². The fourth-order valence-corrected chi connectivity index (χ4v) is 2.85. The minimum absolute atomic E-state index is 0.00231. The lowest BCUT2D eigenvalue weighted by molar-refractivity contribution is -0.128. The highest BCUT2D eigenvalue weighted by Crippen LogP contribution is 2.21. The smallest absolute Gasteiger partial charge is 0.223 e. The molecule has 0 bridgehead atoms. The van der Waals surface area contributed by atoms with E-state index < -0.39 is 0 Å². The maximum atomic E-state index is 12.2. The molecular formula is C13H27NO2S. The lowest BCUT2D eigenvalue weighted by Gasteiger charge is -2.28. The van der Waals surface area contributed by atoms with Crippen LogP contribution in [0.1, 0.15) is 34.6 Å². The van der Waals surface area contributed by atoms with Crippen LogP contribution >= 0.6 is 11.8 Å². The molecule has 0 saturated carbocycles. The van der Waals surface area contributed by atoms with Gasteiger partial charge in [-0.15, -0.1) is 0 Å². The van der Waals surface area contributed by atoms with Crippen LogP contribution in [-0.2, 0) is 4.79 Å². The third-order valence-electron chi connectivity index (χ3n) is 3.15. The van der Waals surface area contributed by atoms with Gasteiger partial charge in [-0.1, -0.05) is 27.7 Å². The minimum Gasteiger partial charge on any atom is -0.395 e. The first-order valence-electron chi connectivity index (χ1n) is 6.29. The zero-order chi connectivity index (χ0) is 13.6. The summed E-state index contributed by atoms with van der Waals surface area (Å²) < 4.78 is 0. The van der Waals surface area contributed by atoms with Gasteiger partial charge in [0, 0.05) is 17.2 Å². The van der Waals surface area contributed by atoms with Gasteiger partial charge in [-0.25, -0.2) is 0 Å². The second kappa shape index (κ2) is 7.98. The van der Waals surface area contributed by atoms with E-state index in [1.165, 1.54) is 0 Å². The van der Waals surface area contributed by atoms with Crippen LogP contribution in [0, 0.1) is 17.8 Å². The van der Waals surface area contributed by atoms with Gasteiger partial charge in [0.25, 0.3) is 0 Å². The first-order chi connectivity index (χ1) is 7.84. The molecule has 0 heterocycles. The van der Waals surface area contributed by atoms with Crippen molar-refractivity contribution in [3.8, 4) is 0 Å². The largest absolute Gasteiger partial charge is 0.395 e. The lowest BCUT2D eigenvalue weighted by atomic mass is 9.84. The van der Waals surface area contributed by atoms with Gasteiger partial charge in [0.05, 0.1) is 6.61 Å². The van der Waals surface area contributed by atoms with Gasteiger partial charge < -0.3 is 10.4 Å². The SMILES string of the molecule is CSC(CO)C(C)NC(=O)C(C(C)C)C(C)C. The maximum Gasteiger partial charge on any atom is 0.223 e. The number of thioether (sulfide) groups is 1. The molecular weight excluding hydrogens is 234 g/mol. The number of carbonyl (C=O) groups is 1. The Labute approximate surface area is 110 Å². The molecule has 1 amide bonds. The third-order valence-corrected chi connectivity index (χ3v) is 4.31. The molecule has 0 aliphatic carbocycles. The summed E-state index contributed by atoms with van der Waals surface area (Å²) in [4.78, 5) is 12.2. The molecule has 0 aliphatic heterocycles. The number of rotatable bonds is 7. The van der Waals surface area contributed by atoms with Crippen molar-refractivity contribution in [1.82, 2.24) is 5.32 Å². The van der Waals surface area contributed by atoms with Crippen LogP contribution in [0.4, 0.5) is 0 Å². The summed E-state index contributed by atoms with van der Waals surface area (Å²) in [5.74, 6) is 0.821. The van der Waals surface area contributed by atoms with Gasteiger partial charge in [-0.2, -0.15) is 11.8 Å². The van der Waals surface area contributed by atoms with Crippen molar-refractivity contribution in [2.75, 3.05) is 12.9 Å². The van der Waals surface area contributed by atoms with Crippen LogP contribution in [0.5, 0.6) is 0 Å². The maximum absolute atomic E-state index is 12.2. The number of aliphatic hydroxyl groups excluding tert-OH is 1. The van der Waals surface area contributed by atoms with Gasteiger partial charge in [-0.3, -0.25) is 4.79 Å². The van der Waals surface area contributed by atoms with E-state index in [9.17, 15) is 9.90 Å². The molecule has 0 fully saturated rings. The molecule has 2 atom stereocenters. The van der Waals surface area contributed by atoms with Crippen molar-refractivity contribution < 1.29 is 9.90 Å². The van der Waals surface area contributed by atoms with Crippen molar-refractivity contribution in [2.45, 2.75) is 45.9 Å².